The van der Waals surface area contributed by atoms with Crippen LogP contribution < -0.4 is 10.7 Å². The molecule has 0 amide bonds. The number of hydrogen-bond acceptors (Lipinski definition) is 4. The van der Waals surface area contributed by atoms with E-state index in [1.165, 1.54) is 5.56 Å². The van der Waals surface area contributed by atoms with Gasteiger partial charge in [-0.15, -0.1) is 0 Å². The predicted molar refractivity (Wildman–Crippen MR) is 145 cm³/mol. The highest BCUT2D eigenvalue weighted by Crippen LogP contribution is 2.25. The highest BCUT2D eigenvalue weighted by atomic mass is 32.2. The van der Waals surface area contributed by atoms with E-state index in [1.54, 1.807) is 22.7 Å². The third-order valence-corrected chi connectivity index (χ3v) is 7.68. The fourth-order valence-electron chi connectivity index (χ4n) is 3.93. The van der Waals surface area contributed by atoms with Crippen LogP contribution in [-0.2, 0) is 23.5 Å². The summed E-state index contributed by atoms with van der Waals surface area (Å²) >= 11 is 5.38. The molecule has 0 aliphatic carbocycles. The van der Waals surface area contributed by atoms with E-state index in [9.17, 15) is 8.42 Å². The summed E-state index contributed by atoms with van der Waals surface area (Å²) in [7, 11) is -1.64. The van der Waals surface area contributed by atoms with Gasteiger partial charge in [-0.05, 0) is 61.3 Å². The van der Waals surface area contributed by atoms with Crippen LogP contribution in [0.2, 0.25) is 0 Å². The first-order valence-electron chi connectivity index (χ1n) is 11.6. The third-order valence-electron chi connectivity index (χ3n) is 5.59. The number of anilines is 1. The second-order valence-corrected chi connectivity index (χ2v) is 10.5. The van der Waals surface area contributed by atoms with Crippen molar-refractivity contribution in [1.82, 2.24) is 14.3 Å². The lowest BCUT2D eigenvalue weighted by atomic mass is 10.1. The molecule has 0 bridgehead atoms. The number of rotatable bonds is 10. The number of benzene rings is 2. The molecule has 0 atom stereocenters. The molecule has 1 heterocycles. The topological polar surface area (TPSA) is 78.7 Å². The summed E-state index contributed by atoms with van der Waals surface area (Å²) in [6, 6.07) is 13.2. The maximum Gasteiger partial charge on any atom is 0.243 e. The van der Waals surface area contributed by atoms with Gasteiger partial charge in [0.2, 0.25) is 10.0 Å². The van der Waals surface area contributed by atoms with E-state index in [2.05, 4.69) is 28.8 Å². The lowest BCUT2D eigenvalue weighted by Crippen LogP contribution is -2.32. The Labute approximate surface area is 207 Å². The number of para-hydroxylation sites is 1. The molecule has 34 heavy (non-hydrogen) atoms. The average Bonchev–Trinajstić information content (AvgIpc) is 3.14. The predicted octanol–water partition coefficient (Wildman–Crippen LogP) is 4.87. The van der Waals surface area contributed by atoms with Crippen LogP contribution in [0, 0.1) is 0 Å². The molecule has 0 saturated carbocycles. The lowest BCUT2D eigenvalue weighted by Gasteiger charge is -2.21. The van der Waals surface area contributed by atoms with Crippen molar-refractivity contribution in [2.45, 2.75) is 44.9 Å². The molecule has 0 aliphatic heterocycles. The number of aromatic nitrogens is 1. The molecule has 7 nitrogen and oxygen atoms in total. The van der Waals surface area contributed by atoms with Crippen LogP contribution in [0.1, 0.15) is 44.7 Å². The first-order chi connectivity index (χ1) is 16.3. The Morgan fingerprint density at radius 1 is 1.12 bits per heavy atom. The highest BCUT2D eigenvalue weighted by Gasteiger charge is 2.24. The van der Waals surface area contributed by atoms with Gasteiger partial charge in [-0.25, -0.2) is 8.42 Å². The van der Waals surface area contributed by atoms with Crippen molar-refractivity contribution in [2.75, 3.05) is 18.4 Å². The van der Waals surface area contributed by atoms with Crippen molar-refractivity contribution in [3.05, 3.63) is 59.8 Å². The summed E-state index contributed by atoms with van der Waals surface area (Å²) in [6.07, 6.45) is 6.02. The number of aryl methyl sites for hydroxylation is 2. The van der Waals surface area contributed by atoms with Gasteiger partial charge in [0, 0.05) is 48.5 Å². The molecule has 3 rings (SSSR count). The van der Waals surface area contributed by atoms with E-state index in [4.69, 9.17) is 12.2 Å². The lowest BCUT2D eigenvalue weighted by molar-refractivity contribution is 0.410. The molecule has 1 aromatic heterocycles. The Morgan fingerprint density at radius 3 is 2.50 bits per heavy atom. The Bertz CT molecular complexity index is 1280. The van der Waals surface area contributed by atoms with Crippen molar-refractivity contribution in [3.63, 3.8) is 0 Å². The number of nitrogens with zero attached hydrogens (tertiary/aromatic N) is 3. The summed E-state index contributed by atoms with van der Waals surface area (Å²) in [6.45, 7) is 7.08. The van der Waals surface area contributed by atoms with Crippen LogP contribution in [0.3, 0.4) is 0 Å². The number of thiocarbonyl (C=S) groups is 1. The van der Waals surface area contributed by atoms with E-state index in [0.29, 0.717) is 23.1 Å². The zero-order valence-corrected chi connectivity index (χ0v) is 21.8. The van der Waals surface area contributed by atoms with Crippen molar-refractivity contribution >= 4 is 50.2 Å². The fourth-order valence-corrected chi connectivity index (χ4v) is 5.74. The van der Waals surface area contributed by atoms with E-state index in [1.807, 2.05) is 55.9 Å². The molecular weight excluding hydrogens is 466 g/mol. The number of sulfonamides is 1. The van der Waals surface area contributed by atoms with Crippen LogP contribution in [0.5, 0.6) is 0 Å². The summed E-state index contributed by atoms with van der Waals surface area (Å²) in [5, 5.41) is 8.66. The van der Waals surface area contributed by atoms with Gasteiger partial charge in [0.05, 0.1) is 11.1 Å². The molecule has 182 valence electrons. The van der Waals surface area contributed by atoms with Gasteiger partial charge >= 0.3 is 0 Å². The fraction of sp³-hybridized carbons (Fsp3) is 0.360. The molecule has 0 fully saturated rings. The normalized spacial score (nSPS) is 12.0. The number of hydrogen-bond donors (Lipinski definition) is 2. The highest BCUT2D eigenvalue weighted by molar-refractivity contribution is 7.89. The largest absolute Gasteiger partial charge is 0.350 e. The maximum absolute atomic E-state index is 13.3. The van der Waals surface area contributed by atoms with Crippen LogP contribution in [-0.4, -0.2) is 41.7 Å². The summed E-state index contributed by atoms with van der Waals surface area (Å²) in [4.78, 5) is 0.295. The average molecular weight is 500 g/mol. The summed E-state index contributed by atoms with van der Waals surface area (Å²) in [5.74, 6) is 0. The van der Waals surface area contributed by atoms with Crippen molar-refractivity contribution in [2.24, 2.45) is 12.1 Å². The minimum absolute atomic E-state index is 0.295. The van der Waals surface area contributed by atoms with Crippen molar-refractivity contribution in [3.8, 4) is 0 Å². The van der Waals surface area contributed by atoms with Crippen LogP contribution >= 0.6 is 12.2 Å². The SMILES string of the molecule is CCCN(CCC)S(=O)(=O)c1ccc2c(c1)c(/C=N/NC(=S)Nc1ccccc1CC)cn2C. The van der Waals surface area contributed by atoms with E-state index < -0.39 is 10.0 Å². The summed E-state index contributed by atoms with van der Waals surface area (Å²) < 4.78 is 30.0. The molecule has 0 aliphatic rings. The number of hydrazone groups is 1. The number of fused-ring (bicyclic) bond motifs is 1. The maximum atomic E-state index is 13.3. The van der Waals surface area contributed by atoms with E-state index in [0.717, 1.165) is 41.4 Å². The zero-order chi connectivity index (χ0) is 24.7. The Balaban J connectivity index is 1.83. The van der Waals surface area contributed by atoms with Crippen molar-refractivity contribution in [1.29, 1.82) is 0 Å². The van der Waals surface area contributed by atoms with Gasteiger partial charge in [0.1, 0.15) is 0 Å². The number of nitrogens with one attached hydrogen (secondary N) is 2. The molecule has 0 spiro atoms. The molecule has 0 radical (unpaired) electrons. The minimum atomic E-state index is -3.57. The zero-order valence-electron chi connectivity index (χ0n) is 20.2. The van der Waals surface area contributed by atoms with Gasteiger partial charge in [-0.1, -0.05) is 39.0 Å². The van der Waals surface area contributed by atoms with Crippen LogP contribution in [0.4, 0.5) is 5.69 Å². The molecule has 2 aromatic carbocycles. The van der Waals surface area contributed by atoms with Crippen LogP contribution in [0.15, 0.2) is 58.7 Å². The van der Waals surface area contributed by atoms with Gasteiger partial charge in [0.15, 0.2) is 5.11 Å². The van der Waals surface area contributed by atoms with Crippen LogP contribution in [0.25, 0.3) is 10.9 Å². The second-order valence-electron chi connectivity index (χ2n) is 8.11. The minimum Gasteiger partial charge on any atom is -0.350 e. The van der Waals surface area contributed by atoms with Crippen molar-refractivity contribution < 1.29 is 8.42 Å². The molecule has 0 saturated heterocycles. The van der Waals surface area contributed by atoms with E-state index in [-0.39, 0.29) is 0 Å². The van der Waals surface area contributed by atoms with E-state index >= 15 is 0 Å². The quantitative estimate of drug-likeness (QED) is 0.236. The molecule has 3 aromatic rings. The summed E-state index contributed by atoms with van der Waals surface area (Å²) in [5.41, 5.74) is 6.70. The molecule has 2 N–H and O–H groups in total. The van der Waals surface area contributed by atoms with Gasteiger partial charge in [-0.2, -0.15) is 9.41 Å². The van der Waals surface area contributed by atoms with Gasteiger partial charge < -0.3 is 9.88 Å². The third kappa shape index (κ3) is 5.84. The Kier molecular flexibility index (Phi) is 8.82. The molecular formula is C25H33N5O2S2. The smallest absolute Gasteiger partial charge is 0.243 e. The molecule has 9 heteroatoms. The molecule has 0 unspecified atom stereocenters. The van der Waals surface area contributed by atoms with Gasteiger partial charge in [-0.3, -0.25) is 5.43 Å². The standard InChI is InChI=1S/C25H33N5O2S2/c1-5-14-30(15-6-2)34(31,32)21-12-13-24-22(16-21)20(18-29(24)4)17-26-28-25(33)27-23-11-9-8-10-19(23)7-3/h8-13,16-18H,5-7,14-15H2,1-4H3,(H2,27,28,33)/b26-17+. The Morgan fingerprint density at radius 2 is 1.82 bits per heavy atom. The first kappa shape index (κ1) is 25.9. The Hall–Kier alpha value is -2.75. The van der Waals surface area contributed by atoms with Gasteiger partial charge in [0.25, 0.3) is 0 Å². The second kappa shape index (κ2) is 11.6. The monoisotopic (exact) mass is 499 g/mol. The first-order valence-corrected chi connectivity index (χ1v) is 13.4.